The highest BCUT2D eigenvalue weighted by molar-refractivity contribution is 5.91. The molecule has 6 heteroatoms. The molecule has 0 heterocycles. The van der Waals surface area contributed by atoms with Crippen LogP contribution in [0.15, 0.2) is 66.3 Å². The number of ether oxygens (including phenoxy) is 1. The van der Waals surface area contributed by atoms with Crippen molar-refractivity contribution in [2.24, 2.45) is 5.92 Å². The number of carboxylic acids is 1. The lowest BCUT2D eigenvalue weighted by Gasteiger charge is -2.13. The number of allylic oxidation sites excluding steroid dienone is 4. The quantitative estimate of drug-likeness (QED) is 0.304. The van der Waals surface area contributed by atoms with Gasteiger partial charge in [0.25, 0.3) is 0 Å². The van der Waals surface area contributed by atoms with Crippen LogP contribution in [-0.2, 0) is 11.2 Å². The molecule has 0 aliphatic heterocycles. The van der Waals surface area contributed by atoms with E-state index in [9.17, 15) is 4.79 Å². The van der Waals surface area contributed by atoms with Crippen LogP contribution in [0.2, 0.25) is 0 Å². The predicted octanol–water partition coefficient (Wildman–Crippen LogP) is 6.85. The molecule has 1 atom stereocenters. The van der Waals surface area contributed by atoms with Crippen LogP contribution in [0.3, 0.4) is 0 Å². The van der Waals surface area contributed by atoms with Crippen molar-refractivity contribution in [1.29, 1.82) is 0 Å². The van der Waals surface area contributed by atoms with Gasteiger partial charge in [0.2, 0.25) is 0 Å². The molecule has 6 nitrogen and oxygen atoms in total. The summed E-state index contributed by atoms with van der Waals surface area (Å²) in [5.41, 5.74) is 4.74. The number of carboxylic acid groups (broad SMARTS) is 1. The van der Waals surface area contributed by atoms with Gasteiger partial charge in [0, 0.05) is 13.6 Å². The fraction of sp³-hybridized carbons (Fsp3) is 0.379. The van der Waals surface area contributed by atoms with Crippen LogP contribution in [0.1, 0.15) is 57.0 Å². The Kier molecular flexibility index (Phi) is 16.9. The second-order valence-electron chi connectivity index (χ2n) is 8.06. The number of nitrogens with one attached hydrogen (secondary N) is 2. The Hall–Kier alpha value is -3.54. The molecule has 2 aromatic carbocycles. The minimum Gasteiger partial charge on any atom is -0.493 e. The van der Waals surface area contributed by atoms with Gasteiger partial charge in [-0.3, -0.25) is 0 Å². The number of carbonyl (C=O) groups excluding carboxylic acids is 1. The van der Waals surface area contributed by atoms with E-state index in [2.05, 4.69) is 56.6 Å². The summed E-state index contributed by atoms with van der Waals surface area (Å²) < 4.78 is 5.43. The number of benzene rings is 2. The van der Waals surface area contributed by atoms with E-state index < -0.39 is 5.97 Å². The molecular weight excluding hydrogens is 440 g/mol. The van der Waals surface area contributed by atoms with E-state index in [1.807, 2.05) is 51.1 Å². The molecule has 2 aromatic rings. The van der Waals surface area contributed by atoms with Crippen molar-refractivity contribution in [3.63, 3.8) is 0 Å². The fourth-order valence-electron chi connectivity index (χ4n) is 3.20. The summed E-state index contributed by atoms with van der Waals surface area (Å²) in [5.74, 6) is 0.147. The van der Waals surface area contributed by atoms with Crippen molar-refractivity contribution in [3.05, 3.63) is 77.4 Å². The first-order chi connectivity index (χ1) is 16.8. The second-order valence-corrected chi connectivity index (χ2v) is 8.06. The number of rotatable bonds is 11. The van der Waals surface area contributed by atoms with Gasteiger partial charge in [-0.25, -0.2) is 4.79 Å². The highest BCUT2D eigenvalue weighted by Gasteiger charge is 2.11. The Morgan fingerprint density at radius 2 is 1.80 bits per heavy atom. The lowest BCUT2D eigenvalue weighted by atomic mass is 10.1. The Morgan fingerprint density at radius 3 is 2.34 bits per heavy atom. The highest BCUT2D eigenvalue weighted by Crippen LogP contribution is 2.22. The van der Waals surface area contributed by atoms with Crippen LogP contribution in [-0.4, -0.2) is 38.1 Å². The second kappa shape index (κ2) is 18.8. The molecule has 0 aliphatic carbocycles. The van der Waals surface area contributed by atoms with Gasteiger partial charge < -0.3 is 25.3 Å². The molecule has 0 aromatic heterocycles. The number of anilines is 2. The van der Waals surface area contributed by atoms with Crippen molar-refractivity contribution in [2.45, 2.75) is 47.5 Å². The van der Waals surface area contributed by atoms with Crippen molar-refractivity contribution in [3.8, 4) is 5.75 Å². The molecule has 0 saturated carbocycles. The Balaban J connectivity index is 0.000000813. The first kappa shape index (κ1) is 31.5. The van der Waals surface area contributed by atoms with Crippen molar-refractivity contribution in [1.82, 2.24) is 0 Å². The van der Waals surface area contributed by atoms with Crippen LogP contribution in [0, 0.1) is 5.92 Å². The SMILES string of the molecule is C/C=C\C(C)CC=C(C)C.C=O.CCOc1cc(CCNc2ccccc2NC)ccc1C(=O)O. The summed E-state index contributed by atoms with van der Waals surface area (Å²) in [6.45, 7) is 13.6. The lowest BCUT2D eigenvalue weighted by molar-refractivity contribution is -0.0980. The first-order valence-electron chi connectivity index (χ1n) is 11.9. The summed E-state index contributed by atoms with van der Waals surface area (Å²) >= 11 is 0. The maximum absolute atomic E-state index is 11.2. The number of para-hydroxylation sites is 2. The summed E-state index contributed by atoms with van der Waals surface area (Å²) in [4.78, 5) is 19.2. The molecule has 0 saturated heterocycles. The Bertz CT molecular complexity index is 934. The molecule has 0 spiro atoms. The minimum atomic E-state index is -0.971. The van der Waals surface area contributed by atoms with Gasteiger partial charge in [-0.1, -0.05) is 48.9 Å². The van der Waals surface area contributed by atoms with Crippen LogP contribution >= 0.6 is 0 Å². The molecule has 0 radical (unpaired) electrons. The summed E-state index contributed by atoms with van der Waals surface area (Å²) in [7, 11) is 1.89. The minimum absolute atomic E-state index is 0.198. The Labute approximate surface area is 211 Å². The number of carbonyl (C=O) groups is 2. The van der Waals surface area contributed by atoms with Crippen molar-refractivity contribution >= 4 is 24.1 Å². The van der Waals surface area contributed by atoms with Crippen LogP contribution in [0.5, 0.6) is 5.75 Å². The topological polar surface area (TPSA) is 87.7 Å². The van der Waals surface area contributed by atoms with Gasteiger partial charge in [-0.15, -0.1) is 0 Å². The molecule has 0 fully saturated rings. The van der Waals surface area contributed by atoms with E-state index in [0.29, 0.717) is 18.3 Å². The number of aromatic carboxylic acids is 1. The van der Waals surface area contributed by atoms with Gasteiger partial charge in [0.1, 0.15) is 18.1 Å². The van der Waals surface area contributed by atoms with E-state index in [0.717, 1.165) is 29.9 Å². The molecule has 0 bridgehead atoms. The highest BCUT2D eigenvalue weighted by atomic mass is 16.5. The predicted molar refractivity (Wildman–Crippen MR) is 148 cm³/mol. The average Bonchev–Trinajstić information content (AvgIpc) is 2.85. The zero-order chi connectivity index (χ0) is 26.6. The van der Waals surface area contributed by atoms with E-state index in [4.69, 9.17) is 14.6 Å². The summed E-state index contributed by atoms with van der Waals surface area (Å²) in [6.07, 6.45) is 8.58. The van der Waals surface area contributed by atoms with Gasteiger partial charge in [-0.2, -0.15) is 0 Å². The van der Waals surface area contributed by atoms with E-state index in [1.54, 1.807) is 12.1 Å². The summed E-state index contributed by atoms with van der Waals surface area (Å²) in [6, 6.07) is 13.2. The standard InChI is InChI=1S/C18H22N2O3.C10H18.CH2O/c1-3-23-17-12-13(8-9-14(17)18(21)22)10-11-20-16-7-5-4-6-15(16)19-2;1-5-6-10(4)8-7-9(2)3;1-2/h4-9,12,19-20H,3,10-11H2,1-2H3,(H,21,22);5-7,10H,8H2,1-4H3;1H2/b;6-5-;. The first-order valence-corrected chi connectivity index (χ1v) is 11.9. The lowest BCUT2D eigenvalue weighted by Crippen LogP contribution is -2.08. The third-order valence-corrected chi connectivity index (χ3v) is 4.92. The Morgan fingerprint density at radius 1 is 1.14 bits per heavy atom. The fourth-order valence-corrected chi connectivity index (χ4v) is 3.20. The largest absolute Gasteiger partial charge is 0.493 e. The molecule has 0 amide bonds. The third-order valence-electron chi connectivity index (χ3n) is 4.92. The van der Waals surface area contributed by atoms with Gasteiger partial charge in [0.05, 0.1) is 18.0 Å². The average molecular weight is 483 g/mol. The zero-order valence-corrected chi connectivity index (χ0v) is 22.1. The van der Waals surface area contributed by atoms with Crippen LogP contribution in [0.4, 0.5) is 11.4 Å². The van der Waals surface area contributed by atoms with Crippen molar-refractivity contribution < 1.29 is 19.4 Å². The third kappa shape index (κ3) is 13.1. The van der Waals surface area contributed by atoms with Gasteiger partial charge >= 0.3 is 5.97 Å². The van der Waals surface area contributed by atoms with Crippen LogP contribution in [0.25, 0.3) is 0 Å². The monoisotopic (exact) mass is 482 g/mol. The molecular formula is C29H42N2O4. The normalized spacial score (nSPS) is 10.7. The number of hydrogen-bond donors (Lipinski definition) is 3. The van der Waals surface area contributed by atoms with E-state index in [-0.39, 0.29) is 5.56 Å². The molecule has 0 aliphatic rings. The molecule has 1 unspecified atom stereocenters. The van der Waals surface area contributed by atoms with E-state index >= 15 is 0 Å². The molecule has 35 heavy (non-hydrogen) atoms. The van der Waals surface area contributed by atoms with Crippen LogP contribution < -0.4 is 15.4 Å². The zero-order valence-electron chi connectivity index (χ0n) is 22.1. The van der Waals surface area contributed by atoms with E-state index in [1.165, 1.54) is 12.0 Å². The number of hydrogen-bond acceptors (Lipinski definition) is 5. The summed E-state index contributed by atoms with van der Waals surface area (Å²) in [5, 5.41) is 15.7. The molecule has 3 N–H and O–H groups in total. The van der Waals surface area contributed by atoms with Gasteiger partial charge in [-0.05, 0) is 76.3 Å². The van der Waals surface area contributed by atoms with Gasteiger partial charge in [0.15, 0.2) is 0 Å². The van der Waals surface area contributed by atoms with Crippen molar-refractivity contribution in [2.75, 3.05) is 30.8 Å². The maximum Gasteiger partial charge on any atom is 0.339 e. The maximum atomic E-state index is 11.2. The molecule has 192 valence electrons. The molecule has 2 rings (SSSR count). The smallest absolute Gasteiger partial charge is 0.339 e.